The summed E-state index contributed by atoms with van der Waals surface area (Å²) in [7, 11) is 1.34. The molecule has 2 aromatic rings. The van der Waals surface area contributed by atoms with Gasteiger partial charge >= 0.3 is 5.97 Å². The molecule has 2 rings (SSSR count). The molecule has 0 saturated carbocycles. The molecule has 126 valence electrons. The molecule has 0 saturated heterocycles. The molecular weight excluding hydrogens is 489 g/mol. The van der Waals surface area contributed by atoms with Crippen molar-refractivity contribution in [3.8, 4) is 17.6 Å². The van der Waals surface area contributed by atoms with Gasteiger partial charge in [0.2, 0.25) is 0 Å². The second-order valence-corrected chi connectivity index (χ2v) is 6.67. The van der Waals surface area contributed by atoms with Crippen LogP contribution in [0.3, 0.4) is 0 Å². The van der Waals surface area contributed by atoms with E-state index in [9.17, 15) is 9.90 Å². The minimum Gasteiger partial charge on any atom is -0.506 e. The van der Waals surface area contributed by atoms with Crippen molar-refractivity contribution in [3.05, 3.63) is 54.4 Å². The van der Waals surface area contributed by atoms with E-state index in [1.54, 1.807) is 12.1 Å². The first-order valence-electron chi connectivity index (χ1n) is 6.06. The van der Waals surface area contributed by atoms with Gasteiger partial charge in [0.05, 0.1) is 37.7 Å². The lowest BCUT2D eigenvalue weighted by Crippen LogP contribution is -2.01. The zero-order valence-electron chi connectivity index (χ0n) is 12.0. The van der Waals surface area contributed by atoms with Crippen molar-refractivity contribution in [2.75, 3.05) is 7.11 Å². The summed E-state index contributed by atoms with van der Waals surface area (Å²) < 4.78 is 5.86. The third-order valence-corrected chi connectivity index (χ3v) is 4.44. The molecule has 0 radical (unpaired) electrons. The number of ether oxygens (including phenoxy) is 1. The molecule has 5 nitrogen and oxygen atoms in total. The van der Waals surface area contributed by atoms with E-state index < -0.39 is 5.97 Å². The van der Waals surface area contributed by atoms with Crippen molar-refractivity contribution in [1.82, 2.24) is 0 Å². The molecule has 0 aromatic heterocycles. The van der Waals surface area contributed by atoms with Gasteiger partial charge in [-0.25, -0.2) is 4.79 Å². The van der Waals surface area contributed by atoms with Gasteiger partial charge in [0.25, 0.3) is 0 Å². The highest BCUT2D eigenvalue weighted by molar-refractivity contribution is 9.11. The Balaban J connectivity index is 0.000000243. The molecule has 0 aliphatic heterocycles. The van der Waals surface area contributed by atoms with Gasteiger partial charge in [-0.1, -0.05) is 23.2 Å². The lowest BCUT2D eigenvalue weighted by atomic mass is 10.2. The SMILES string of the molecule is COc1c(Cl)ccc(Cl)c1C(=O)O.N#Cc1cc(Br)c(O)c(Br)c1. The van der Waals surface area contributed by atoms with Crippen LogP contribution in [0, 0.1) is 11.3 Å². The Hall–Kier alpha value is -1.46. The number of carboxylic acid groups (broad SMARTS) is 1. The van der Waals surface area contributed by atoms with Crippen molar-refractivity contribution < 1.29 is 19.7 Å². The summed E-state index contributed by atoms with van der Waals surface area (Å²) in [6.45, 7) is 0. The predicted octanol–water partition coefficient (Wildman–Crippen LogP) is 5.49. The fourth-order valence-electron chi connectivity index (χ4n) is 1.56. The maximum Gasteiger partial charge on any atom is 0.341 e. The first kappa shape index (κ1) is 20.6. The predicted molar refractivity (Wildman–Crippen MR) is 98.2 cm³/mol. The van der Waals surface area contributed by atoms with Crippen LogP contribution >= 0.6 is 55.1 Å². The van der Waals surface area contributed by atoms with Gasteiger partial charge in [0, 0.05) is 0 Å². The summed E-state index contributed by atoms with van der Waals surface area (Å²) in [4.78, 5) is 10.7. The lowest BCUT2D eigenvalue weighted by molar-refractivity contribution is 0.0693. The smallest absolute Gasteiger partial charge is 0.341 e. The van der Waals surface area contributed by atoms with Gasteiger partial charge in [0.1, 0.15) is 11.3 Å². The molecular formula is C15H9Br2Cl2NO4. The van der Waals surface area contributed by atoms with E-state index >= 15 is 0 Å². The molecule has 0 bridgehead atoms. The van der Waals surface area contributed by atoms with Crippen LogP contribution in [-0.2, 0) is 0 Å². The minimum atomic E-state index is -1.16. The Morgan fingerprint density at radius 1 is 1.21 bits per heavy atom. The Bertz CT molecular complexity index is 799. The van der Waals surface area contributed by atoms with E-state index in [0.717, 1.165) is 0 Å². The van der Waals surface area contributed by atoms with Crippen LogP contribution < -0.4 is 4.74 Å². The van der Waals surface area contributed by atoms with Gasteiger partial charge in [-0.15, -0.1) is 0 Å². The molecule has 0 aliphatic rings. The molecule has 0 heterocycles. The average Bonchev–Trinajstić information content (AvgIpc) is 2.54. The van der Waals surface area contributed by atoms with Crippen molar-refractivity contribution in [2.24, 2.45) is 0 Å². The van der Waals surface area contributed by atoms with Crippen molar-refractivity contribution in [1.29, 1.82) is 5.26 Å². The molecule has 0 aliphatic carbocycles. The fourth-order valence-corrected chi connectivity index (χ4v) is 3.21. The molecule has 24 heavy (non-hydrogen) atoms. The van der Waals surface area contributed by atoms with Crippen molar-refractivity contribution in [3.63, 3.8) is 0 Å². The minimum absolute atomic E-state index is 0.0849. The number of benzene rings is 2. The molecule has 2 N–H and O–H groups in total. The number of nitriles is 1. The van der Waals surface area contributed by atoms with Gasteiger partial charge in [0.15, 0.2) is 5.75 Å². The highest BCUT2D eigenvalue weighted by Gasteiger charge is 2.18. The van der Waals surface area contributed by atoms with E-state index in [1.807, 2.05) is 6.07 Å². The standard InChI is InChI=1S/C8H6Cl2O3.C7H3Br2NO/c1-13-7-5(10)3-2-4(9)6(7)8(11)12;8-5-1-4(3-10)2-6(9)7(5)11/h2-3H,1H3,(H,11,12);1-2,11H. The van der Waals surface area contributed by atoms with Gasteiger partial charge < -0.3 is 14.9 Å². The molecule has 0 unspecified atom stereocenters. The molecule has 0 fully saturated rings. The topological polar surface area (TPSA) is 90.5 Å². The van der Waals surface area contributed by atoms with Crippen LogP contribution in [0.4, 0.5) is 0 Å². The van der Waals surface area contributed by atoms with Crippen LogP contribution in [0.2, 0.25) is 10.0 Å². The first-order valence-corrected chi connectivity index (χ1v) is 8.40. The Kier molecular flexibility index (Phi) is 7.84. The molecule has 0 amide bonds. The summed E-state index contributed by atoms with van der Waals surface area (Å²) in [6.07, 6.45) is 0. The van der Waals surface area contributed by atoms with Crippen molar-refractivity contribution >= 4 is 61.0 Å². The van der Waals surface area contributed by atoms with Crippen LogP contribution in [0.5, 0.6) is 11.5 Å². The van der Waals surface area contributed by atoms with E-state index in [2.05, 4.69) is 31.9 Å². The number of carboxylic acids is 1. The number of aromatic hydroxyl groups is 1. The number of carbonyl (C=O) groups is 1. The van der Waals surface area contributed by atoms with Crippen LogP contribution in [0.1, 0.15) is 15.9 Å². The number of nitrogens with zero attached hydrogens (tertiary/aromatic N) is 1. The van der Waals surface area contributed by atoms with E-state index in [-0.39, 0.29) is 27.1 Å². The third kappa shape index (κ3) is 5.02. The Morgan fingerprint density at radius 3 is 2.08 bits per heavy atom. The number of hydrogen-bond acceptors (Lipinski definition) is 4. The molecule has 2 aromatic carbocycles. The maximum absolute atomic E-state index is 10.7. The second-order valence-electron chi connectivity index (χ2n) is 4.14. The maximum atomic E-state index is 10.7. The monoisotopic (exact) mass is 495 g/mol. The summed E-state index contributed by atoms with van der Waals surface area (Å²) in [6, 6.07) is 7.97. The lowest BCUT2D eigenvalue weighted by Gasteiger charge is -2.07. The van der Waals surface area contributed by atoms with E-state index in [0.29, 0.717) is 14.5 Å². The number of aromatic carboxylic acids is 1. The number of phenolic OH excluding ortho intramolecular Hbond substituents is 1. The van der Waals surface area contributed by atoms with Gasteiger partial charge in [-0.2, -0.15) is 5.26 Å². The summed E-state index contributed by atoms with van der Waals surface area (Å²) in [5.74, 6) is -0.963. The van der Waals surface area contributed by atoms with E-state index in [4.69, 9.17) is 38.3 Å². The molecule has 9 heteroatoms. The van der Waals surface area contributed by atoms with Crippen LogP contribution in [0.25, 0.3) is 0 Å². The largest absolute Gasteiger partial charge is 0.506 e. The zero-order valence-corrected chi connectivity index (χ0v) is 16.7. The molecule has 0 spiro atoms. The van der Waals surface area contributed by atoms with Gasteiger partial charge in [-0.05, 0) is 56.1 Å². The van der Waals surface area contributed by atoms with Crippen LogP contribution in [-0.4, -0.2) is 23.3 Å². The number of hydrogen-bond donors (Lipinski definition) is 2. The number of rotatable bonds is 2. The van der Waals surface area contributed by atoms with Crippen LogP contribution in [0.15, 0.2) is 33.2 Å². The van der Waals surface area contributed by atoms with Gasteiger partial charge in [-0.3, -0.25) is 0 Å². The summed E-state index contributed by atoms with van der Waals surface area (Å²) in [5.41, 5.74) is 0.387. The quantitative estimate of drug-likeness (QED) is 0.572. The second kappa shape index (κ2) is 9.14. The Labute approximate surface area is 164 Å². The molecule has 0 atom stereocenters. The third-order valence-electron chi connectivity index (χ3n) is 2.62. The highest BCUT2D eigenvalue weighted by Crippen LogP contribution is 2.34. The Morgan fingerprint density at radius 2 is 1.71 bits per heavy atom. The van der Waals surface area contributed by atoms with E-state index in [1.165, 1.54) is 19.2 Å². The zero-order chi connectivity index (χ0) is 18.4. The number of methoxy groups -OCH3 is 1. The number of phenols is 1. The first-order chi connectivity index (χ1) is 11.2. The fraction of sp³-hybridized carbons (Fsp3) is 0.0667. The normalized spacial score (nSPS) is 9.50. The number of halogens is 4. The summed E-state index contributed by atoms with van der Waals surface area (Å²) >= 11 is 17.6. The summed E-state index contributed by atoms with van der Waals surface area (Å²) in [5, 5.41) is 26.8. The highest BCUT2D eigenvalue weighted by atomic mass is 79.9. The average molecular weight is 498 g/mol. The van der Waals surface area contributed by atoms with Crippen molar-refractivity contribution in [2.45, 2.75) is 0 Å².